The highest BCUT2D eigenvalue weighted by Crippen LogP contribution is 2.14. The molecule has 0 aliphatic carbocycles. The number of amides is 1. The predicted molar refractivity (Wildman–Crippen MR) is 69.5 cm³/mol. The maximum absolute atomic E-state index is 13.8. The van der Waals surface area contributed by atoms with Gasteiger partial charge in [0.15, 0.2) is 0 Å². The van der Waals surface area contributed by atoms with Gasteiger partial charge >= 0.3 is 5.97 Å². The van der Waals surface area contributed by atoms with Crippen LogP contribution in [-0.2, 0) is 4.79 Å². The van der Waals surface area contributed by atoms with E-state index in [-0.39, 0.29) is 11.5 Å². The van der Waals surface area contributed by atoms with Crippen LogP contribution in [0.4, 0.5) is 4.39 Å². The third kappa shape index (κ3) is 3.53. The Bertz CT molecular complexity index is 488. The standard InChI is InChI=1S/C14H18FNO3/c1-4-8(2)12(14(18)19)16-13(17)10-7-5-6-9(3)11(10)15/h5-8,12H,4H2,1-3H3,(H,16,17)(H,18,19)/t8?,12-/m0/s1. The number of rotatable bonds is 5. The van der Waals surface area contributed by atoms with Gasteiger partial charge in [0.05, 0.1) is 5.56 Å². The van der Waals surface area contributed by atoms with Gasteiger partial charge in [-0.1, -0.05) is 32.4 Å². The lowest BCUT2D eigenvalue weighted by Crippen LogP contribution is -2.45. The molecule has 0 heterocycles. The summed E-state index contributed by atoms with van der Waals surface area (Å²) in [5.74, 6) is -2.66. The minimum Gasteiger partial charge on any atom is -0.480 e. The molecule has 0 bridgehead atoms. The van der Waals surface area contributed by atoms with E-state index in [1.807, 2.05) is 6.92 Å². The zero-order valence-electron chi connectivity index (χ0n) is 11.2. The Morgan fingerprint density at radius 2 is 2.05 bits per heavy atom. The van der Waals surface area contributed by atoms with E-state index in [2.05, 4.69) is 5.32 Å². The number of carboxylic acid groups (broad SMARTS) is 1. The Hall–Kier alpha value is -1.91. The fourth-order valence-corrected chi connectivity index (χ4v) is 1.72. The normalized spacial score (nSPS) is 13.7. The lowest BCUT2D eigenvalue weighted by molar-refractivity contribution is -0.140. The van der Waals surface area contributed by atoms with Crippen LogP contribution in [0.15, 0.2) is 18.2 Å². The van der Waals surface area contributed by atoms with Crippen molar-refractivity contribution >= 4 is 11.9 Å². The molecule has 0 aliphatic heterocycles. The quantitative estimate of drug-likeness (QED) is 0.860. The summed E-state index contributed by atoms with van der Waals surface area (Å²) in [7, 11) is 0. The van der Waals surface area contributed by atoms with Gasteiger partial charge in [-0.25, -0.2) is 9.18 Å². The van der Waals surface area contributed by atoms with Gasteiger partial charge in [0.2, 0.25) is 0 Å². The number of aliphatic carboxylic acids is 1. The number of halogens is 1. The van der Waals surface area contributed by atoms with Crippen molar-refractivity contribution in [3.63, 3.8) is 0 Å². The summed E-state index contributed by atoms with van der Waals surface area (Å²) in [4.78, 5) is 23.0. The molecule has 0 aliphatic rings. The smallest absolute Gasteiger partial charge is 0.326 e. The first-order valence-corrected chi connectivity index (χ1v) is 6.17. The molecule has 2 atom stereocenters. The molecule has 0 fully saturated rings. The van der Waals surface area contributed by atoms with Crippen LogP contribution in [0.3, 0.4) is 0 Å². The zero-order valence-corrected chi connectivity index (χ0v) is 11.2. The number of hydrogen-bond donors (Lipinski definition) is 2. The van der Waals surface area contributed by atoms with Gasteiger partial charge in [-0.15, -0.1) is 0 Å². The first-order chi connectivity index (χ1) is 8.88. The molecule has 2 N–H and O–H groups in total. The summed E-state index contributed by atoms with van der Waals surface area (Å²) in [5.41, 5.74) is 0.220. The summed E-state index contributed by atoms with van der Waals surface area (Å²) in [6, 6.07) is 3.44. The minimum absolute atomic E-state index is 0.130. The SMILES string of the molecule is CCC(C)[C@H](NC(=O)c1cccc(C)c1F)C(=O)O. The van der Waals surface area contributed by atoms with Crippen LogP contribution in [0.1, 0.15) is 36.2 Å². The third-order valence-electron chi connectivity index (χ3n) is 3.20. The largest absolute Gasteiger partial charge is 0.480 e. The van der Waals surface area contributed by atoms with Crippen molar-refractivity contribution in [3.8, 4) is 0 Å². The first kappa shape index (κ1) is 15.1. The highest BCUT2D eigenvalue weighted by Gasteiger charge is 2.26. The highest BCUT2D eigenvalue weighted by atomic mass is 19.1. The summed E-state index contributed by atoms with van der Waals surface area (Å²) in [6.45, 7) is 5.11. The second-order valence-electron chi connectivity index (χ2n) is 4.61. The van der Waals surface area contributed by atoms with Gasteiger partial charge in [-0.05, 0) is 24.5 Å². The van der Waals surface area contributed by atoms with Gasteiger partial charge in [-0.2, -0.15) is 0 Å². The molecule has 0 saturated carbocycles. The number of benzene rings is 1. The molecule has 1 rings (SSSR count). The number of carboxylic acids is 1. The van der Waals surface area contributed by atoms with Crippen molar-refractivity contribution in [1.29, 1.82) is 0 Å². The van der Waals surface area contributed by atoms with Crippen molar-refractivity contribution in [2.24, 2.45) is 5.92 Å². The van der Waals surface area contributed by atoms with E-state index in [0.29, 0.717) is 12.0 Å². The number of carbonyl (C=O) groups excluding carboxylic acids is 1. The Kier molecular flexibility index (Phi) is 5.03. The summed E-state index contributed by atoms with van der Waals surface area (Å²) in [6.07, 6.45) is 0.605. The van der Waals surface area contributed by atoms with E-state index in [4.69, 9.17) is 5.11 Å². The monoisotopic (exact) mass is 267 g/mol. The van der Waals surface area contributed by atoms with Crippen LogP contribution >= 0.6 is 0 Å². The first-order valence-electron chi connectivity index (χ1n) is 6.17. The molecule has 0 saturated heterocycles. The Morgan fingerprint density at radius 3 is 2.58 bits per heavy atom. The topological polar surface area (TPSA) is 66.4 Å². The van der Waals surface area contributed by atoms with E-state index >= 15 is 0 Å². The molecule has 104 valence electrons. The van der Waals surface area contributed by atoms with Crippen molar-refractivity contribution in [3.05, 3.63) is 35.1 Å². The van der Waals surface area contributed by atoms with Gasteiger partial charge in [-0.3, -0.25) is 4.79 Å². The summed E-state index contributed by atoms with van der Waals surface area (Å²) in [5, 5.41) is 11.5. The molecular weight excluding hydrogens is 249 g/mol. The summed E-state index contributed by atoms with van der Waals surface area (Å²) >= 11 is 0. The van der Waals surface area contributed by atoms with Gasteiger partial charge in [0.25, 0.3) is 5.91 Å². The third-order valence-corrected chi connectivity index (χ3v) is 3.20. The molecule has 1 amide bonds. The zero-order chi connectivity index (χ0) is 14.6. The predicted octanol–water partition coefficient (Wildman–Crippen LogP) is 2.36. The maximum Gasteiger partial charge on any atom is 0.326 e. The molecule has 1 aromatic carbocycles. The second kappa shape index (κ2) is 6.31. The Morgan fingerprint density at radius 1 is 1.42 bits per heavy atom. The molecule has 1 unspecified atom stereocenters. The molecule has 1 aromatic rings. The molecule has 0 spiro atoms. The average molecular weight is 267 g/mol. The van der Waals surface area contributed by atoms with Gasteiger partial charge in [0, 0.05) is 0 Å². The molecular formula is C14H18FNO3. The Labute approximate surface area is 111 Å². The Balaban J connectivity index is 2.94. The number of aryl methyl sites for hydroxylation is 1. The average Bonchev–Trinajstić information content (AvgIpc) is 2.37. The molecule has 0 radical (unpaired) electrons. The number of hydrogen-bond acceptors (Lipinski definition) is 2. The lowest BCUT2D eigenvalue weighted by atomic mass is 9.98. The molecule has 5 heteroatoms. The van der Waals surface area contributed by atoms with Gasteiger partial charge in [0.1, 0.15) is 11.9 Å². The second-order valence-corrected chi connectivity index (χ2v) is 4.61. The summed E-state index contributed by atoms with van der Waals surface area (Å²) < 4.78 is 13.8. The van der Waals surface area contributed by atoms with Crippen LogP contribution < -0.4 is 5.32 Å². The fourth-order valence-electron chi connectivity index (χ4n) is 1.72. The van der Waals surface area contributed by atoms with Crippen molar-refractivity contribution < 1.29 is 19.1 Å². The van der Waals surface area contributed by atoms with Gasteiger partial charge < -0.3 is 10.4 Å². The lowest BCUT2D eigenvalue weighted by Gasteiger charge is -2.20. The van der Waals surface area contributed by atoms with Crippen molar-refractivity contribution in [2.75, 3.05) is 0 Å². The highest BCUT2D eigenvalue weighted by molar-refractivity contribution is 5.97. The van der Waals surface area contributed by atoms with Crippen LogP contribution in [-0.4, -0.2) is 23.0 Å². The molecule has 4 nitrogen and oxygen atoms in total. The number of carbonyl (C=O) groups is 2. The van der Waals surface area contributed by atoms with E-state index in [0.717, 1.165) is 0 Å². The fraction of sp³-hybridized carbons (Fsp3) is 0.429. The van der Waals surface area contributed by atoms with Crippen LogP contribution in [0.5, 0.6) is 0 Å². The van der Waals surface area contributed by atoms with Crippen LogP contribution in [0.25, 0.3) is 0 Å². The van der Waals surface area contributed by atoms with Crippen molar-refractivity contribution in [2.45, 2.75) is 33.2 Å². The van der Waals surface area contributed by atoms with Crippen molar-refractivity contribution in [1.82, 2.24) is 5.32 Å². The van der Waals surface area contributed by atoms with E-state index in [1.165, 1.54) is 6.07 Å². The van der Waals surface area contributed by atoms with Crippen LogP contribution in [0.2, 0.25) is 0 Å². The minimum atomic E-state index is -1.12. The molecule has 19 heavy (non-hydrogen) atoms. The maximum atomic E-state index is 13.8. The van der Waals surface area contributed by atoms with E-state index < -0.39 is 23.7 Å². The number of nitrogens with one attached hydrogen (secondary N) is 1. The van der Waals surface area contributed by atoms with E-state index in [1.54, 1.807) is 26.0 Å². The molecule has 0 aromatic heterocycles. The van der Waals surface area contributed by atoms with Crippen LogP contribution in [0, 0.1) is 18.7 Å². The van der Waals surface area contributed by atoms with E-state index in [9.17, 15) is 14.0 Å².